The zero-order valence-corrected chi connectivity index (χ0v) is 10.6. The Balaban J connectivity index is 2.10. The molecule has 18 heavy (non-hydrogen) atoms. The summed E-state index contributed by atoms with van der Waals surface area (Å²) in [6.45, 7) is 0. The van der Waals surface area contributed by atoms with Gasteiger partial charge in [0.25, 0.3) is 0 Å². The van der Waals surface area contributed by atoms with Crippen LogP contribution in [0.15, 0.2) is 22.7 Å². The van der Waals surface area contributed by atoms with Gasteiger partial charge in [0.15, 0.2) is 10.8 Å². The van der Waals surface area contributed by atoms with Crippen LogP contribution in [-0.4, -0.2) is 42.0 Å². The van der Waals surface area contributed by atoms with E-state index in [1.807, 2.05) is 7.05 Å². The molecule has 0 radical (unpaired) electrons. The van der Waals surface area contributed by atoms with E-state index in [1.165, 1.54) is 18.1 Å². The molecule has 8 nitrogen and oxygen atoms in total. The number of aromatic amines is 1. The molecule has 2 N–H and O–H groups in total. The number of hydrogen-bond acceptors (Lipinski definition) is 7. The summed E-state index contributed by atoms with van der Waals surface area (Å²) >= 11 is 1.42. The molecule has 0 fully saturated rings. The Hall–Kier alpha value is -2.16. The third-order valence-corrected chi connectivity index (χ3v) is 3.41. The van der Waals surface area contributed by atoms with Crippen molar-refractivity contribution in [1.82, 2.24) is 34.9 Å². The highest BCUT2D eigenvalue weighted by Crippen LogP contribution is 2.29. The Morgan fingerprint density at radius 3 is 3.00 bits per heavy atom. The Labute approximate surface area is 106 Å². The van der Waals surface area contributed by atoms with Crippen LogP contribution in [0.4, 0.5) is 5.95 Å². The average Bonchev–Trinajstić information content (AvgIpc) is 2.98. The van der Waals surface area contributed by atoms with E-state index in [4.69, 9.17) is 0 Å². The Morgan fingerprint density at radius 1 is 1.39 bits per heavy atom. The van der Waals surface area contributed by atoms with Crippen LogP contribution in [-0.2, 0) is 7.05 Å². The number of hydrogen-bond donors (Lipinski definition) is 2. The fourth-order valence-corrected chi connectivity index (χ4v) is 2.31. The van der Waals surface area contributed by atoms with E-state index in [-0.39, 0.29) is 0 Å². The number of nitrogens with one attached hydrogen (secondary N) is 2. The van der Waals surface area contributed by atoms with Crippen molar-refractivity contribution >= 4 is 28.7 Å². The topological polar surface area (TPSA) is 97.2 Å². The van der Waals surface area contributed by atoms with Crippen molar-refractivity contribution in [3.8, 4) is 0 Å². The van der Waals surface area contributed by atoms with Crippen LogP contribution < -0.4 is 5.32 Å². The molecular weight excluding hydrogens is 252 g/mol. The van der Waals surface area contributed by atoms with Gasteiger partial charge in [0.1, 0.15) is 11.4 Å². The molecule has 0 atom stereocenters. The number of anilines is 1. The number of aryl methyl sites for hydroxylation is 1. The molecule has 0 bridgehead atoms. The molecule has 0 aliphatic carbocycles. The predicted octanol–water partition coefficient (Wildman–Crippen LogP) is 0.674. The minimum absolute atomic E-state index is 0.538. The third-order valence-electron chi connectivity index (χ3n) is 2.36. The van der Waals surface area contributed by atoms with Gasteiger partial charge in [0, 0.05) is 14.1 Å². The molecule has 3 heterocycles. The number of fused-ring (bicyclic) bond motifs is 1. The summed E-state index contributed by atoms with van der Waals surface area (Å²) in [6.07, 6.45) is 3.21. The molecule has 0 aliphatic heterocycles. The Bertz CT molecular complexity index is 687. The highest BCUT2D eigenvalue weighted by Gasteiger charge is 2.12. The molecule has 0 unspecified atom stereocenters. The first kappa shape index (κ1) is 11.0. The first-order chi connectivity index (χ1) is 8.78. The average molecular weight is 262 g/mol. The monoisotopic (exact) mass is 262 g/mol. The van der Waals surface area contributed by atoms with E-state index >= 15 is 0 Å². The maximum atomic E-state index is 4.41. The second-order valence-electron chi connectivity index (χ2n) is 3.50. The Kier molecular flexibility index (Phi) is 2.59. The van der Waals surface area contributed by atoms with Crippen LogP contribution in [0.5, 0.6) is 0 Å². The molecule has 3 rings (SSSR count). The number of nitrogens with zero attached hydrogens (tertiary/aromatic N) is 6. The highest BCUT2D eigenvalue weighted by atomic mass is 32.2. The minimum Gasteiger partial charge on any atom is -0.357 e. The lowest BCUT2D eigenvalue weighted by Crippen LogP contribution is -1.99. The van der Waals surface area contributed by atoms with E-state index in [9.17, 15) is 0 Å². The van der Waals surface area contributed by atoms with E-state index < -0.39 is 0 Å². The van der Waals surface area contributed by atoms with Gasteiger partial charge in [-0.2, -0.15) is 15.2 Å². The van der Waals surface area contributed by atoms with Gasteiger partial charge in [0.2, 0.25) is 5.95 Å². The van der Waals surface area contributed by atoms with Crippen LogP contribution >= 0.6 is 11.8 Å². The van der Waals surface area contributed by atoms with Crippen LogP contribution in [0.25, 0.3) is 11.0 Å². The summed E-state index contributed by atoms with van der Waals surface area (Å²) in [4.78, 5) is 12.8. The van der Waals surface area contributed by atoms with Crippen LogP contribution in [0, 0.1) is 0 Å². The number of H-pyrrole nitrogens is 1. The van der Waals surface area contributed by atoms with Crippen molar-refractivity contribution in [1.29, 1.82) is 0 Å². The second kappa shape index (κ2) is 4.26. The third kappa shape index (κ3) is 1.78. The molecular formula is C9H10N8S. The fourth-order valence-electron chi connectivity index (χ4n) is 1.46. The van der Waals surface area contributed by atoms with Crippen LogP contribution in [0.1, 0.15) is 0 Å². The first-order valence-electron chi connectivity index (χ1n) is 5.18. The van der Waals surface area contributed by atoms with Gasteiger partial charge in [-0.3, -0.25) is 5.10 Å². The van der Waals surface area contributed by atoms with Gasteiger partial charge in [-0.05, 0) is 11.8 Å². The lowest BCUT2D eigenvalue weighted by molar-refractivity contribution is 0.685. The van der Waals surface area contributed by atoms with Gasteiger partial charge >= 0.3 is 0 Å². The summed E-state index contributed by atoms with van der Waals surface area (Å²) < 4.78 is 1.69. The Morgan fingerprint density at radius 2 is 2.28 bits per heavy atom. The summed E-state index contributed by atoms with van der Waals surface area (Å²) in [6, 6.07) is 0. The maximum Gasteiger partial charge on any atom is 0.225 e. The summed E-state index contributed by atoms with van der Waals surface area (Å²) in [5, 5.41) is 16.2. The van der Waals surface area contributed by atoms with Crippen molar-refractivity contribution in [2.24, 2.45) is 7.05 Å². The molecule has 3 aromatic rings. The van der Waals surface area contributed by atoms with Crippen LogP contribution in [0.2, 0.25) is 0 Å². The number of aromatic nitrogens is 7. The molecule has 0 saturated heterocycles. The van der Waals surface area contributed by atoms with Crippen molar-refractivity contribution in [2.45, 2.75) is 10.2 Å². The molecule has 9 heteroatoms. The zero-order chi connectivity index (χ0) is 12.5. The number of rotatable bonds is 3. The summed E-state index contributed by atoms with van der Waals surface area (Å²) in [7, 11) is 3.61. The van der Waals surface area contributed by atoms with Crippen LogP contribution in [0.3, 0.4) is 0 Å². The molecule has 3 aromatic heterocycles. The van der Waals surface area contributed by atoms with E-state index in [0.717, 1.165) is 15.6 Å². The molecule has 0 aliphatic rings. The minimum atomic E-state index is 0.538. The molecule has 92 valence electrons. The SMILES string of the molecule is CNc1nc(Sc2ncnn2C)c2cn[nH]c2n1. The first-order valence-corrected chi connectivity index (χ1v) is 6.00. The lowest BCUT2D eigenvalue weighted by Gasteiger charge is -2.03. The van der Waals surface area contributed by atoms with Crippen molar-refractivity contribution < 1.29 is 0 Å². The zero-order valence-electron chi connectivity index (χ0n) is 9.75. The lowest BCUT2D eigenvalue weighted by atomic mass is 10.4. The van der Waals surface area contributed by atoms with E-state index in [2.05, 4.69) is 35.6 Å². The molecule has 0 saturated carbocycles. The van der Waals surface area contributed by atoms with Gasteiger partial charge in [-0.25, -0.2) is 14.6 Å². The van der Waals surface area contributed by atoms with Crippen molar-refractivity contribution in [2.75, 3.05) is 12.4 Å². The highest BCUT2D eigenvalue weighted by molar-refractivity contribution is 7.99. The standard InChI is InChI=1S/C9H10N8S/c1-10-8-14-6-5(3-12-16-6)7(15-8)18-9-11-4-13-17(9)2/h3-4H,1-2H3,(H2,10,12,14,15,16). The molecule has 0 aromatic carbocycles. The van der Waals surface area contributed by atoms with Crippen molar-refractivity contribution in [3.05, 3.63) is 12.5 Å². The quantitative estimate of drug-likeness (QED) is 0.669. The van der Waals surface area contributed by atoms with Gasteiger partial charge in [-0.15, -0.1) is 0 Å². The summed E-state index contributed by atoms with van der Waals surface area (Å²) in [5.74, 6) is 0.538. The normalized spacial score (nSPS) is 11.0. The maximum absolute atomic E-state index is 4.41. The largest absolute Gasteiger partial charge is 0.357 e. The molecule has 0 spiro atoms. The fraction of sp³-hybridized carbons (Fsp3) is 0.222. The van der Waals surface area contributed by atoms with E-state index in [0.29, 0.717) is 11.6 Å². The summed E-state index contributed by atoms with van der Waals surface area (Å²) in [5.41, 5.74) is 0.694. The van der Waals surface area contributed by atoms with Gasteiger partial charge in [-0.1, -0.05) is 0 Å². The van der Waals surface area contributed by atoms with Crippen molar-refractivity contribution in [3.63, 3.8) is 0 Å². The molecule has 0 amide bonds. The second-order valence-corrected chi connectivity index (χ2v) is 4.46. The van der Waals surface area contributed by atoms with Gasteiger partial charge < -0.3 is 5.32 Å². The predicted molar refractivity (Wildman–Crippen MR) is 66.4 cm³/mol. The van der Waals surface area contributed by atoms with Gasteiger partial charge in [0.05, 0.1) is 11.6 Å². The smallest absolute Gasteiger partial charge is 0.225 e. The van der Waals surface area contributed by atoms with E-state index in [1.54, 1.807) is 17.9 Å².